The summed E-state index contributed by atoms with van der Waals surface area (Å²) in [6.07, 6.45) is 1.49. The average molecular weight is 341 g/mol. The van der Waals surface area contributed by atoms with Crippen LogP contribution < -0.4 is 5.32 Å². The summed E-state index contributed by atoms with van der Waals surface area (Å²) in [5.41, 5.74) is -0.0240. The highest BCUT2D eigenvalue weighted by atomic mass is 19.4. The Bertz CT molecular complexity index is 734. The minimum Gasteiger partial charge on any atom is -0.355 e. The van der Waals surface area contributed by atoms with Crippen molar-refractivity contribution < 1.29 is 18.0 Å². The van der Waals surface area contributed by atoms with Crippen molar-refractivity contribution in [1.82, 2.24) is 24.6 Å². The highest BCUT2D eigenvalue weighted by Gasteiger charge is 2.35. The molecule has 2 aromatic rings. The molecule has 1 atom stereocenters. The Hall–Kier alpha value is -2.32. The summed E-state index contributed by atoms with van der Waals surface area (Å²) in [7, 11) is 1.78. The molecular formula is C15H18F3N5O. The zero-order valence-electron chi connectivity index (χ0n) is 13.2. The number of aromatic nitrogens is 4. The normalized spacial score (nSPS) is 17.6. The number of rotatable bonds is 4. The molecular weight excluding hydrogens is 323 g/mol. The van der Waals surface area contributed by atoms with Crippen LogP contribution in [0.2, 0.25) is 0 Å². The molecule has 1 aliphatic heterocycles. The van der Waals surface area contributed by atoms with Crippen LogP contribution in [-0.2, 0) is 37.4 Å². The van der Waals surface area contributed by atoms with E-state index in [-0.39, 0.29) is 18.2 Å². The lowest BCUT2D eigenvalue weighted by atomic mass is 9.99. The molecule has 0 aromatic carbocycles. The molecule has 0 unspecified atom stereocenters. The summed E-state index contributed by atoms with van der Waals surface area (Å²) >= 11 is 0. The lowest BCUT2D eigenvalue weighted by Gasteiger charge is -2.23. The SMILES string of the molecule is Cn1cc(CC(=O)NC[C@H]2CCc3nc(C(F)(F)F)cn3C2)cn1. The molecule has 0 fully saturated rings. The maximum absolute atomic E-state index is 12.7. The highest BCUT2D eigenvalue weighted by Crippen LogP contribution is 2.30. The minimum absolute atomic E-state index is 0.102. The lowest BCUT2D eigenvalue weighted by molar-refractivity contribution is -0.141. The summed E-state index contributed by atoms with van der Waals surface area (Å²) in [4.78, 5) is 15.6. The number of alkyl halides is 3. The van der Waals surface area contributed by atoms with E-state index in [2.05, 4.69) is 15.4 Å². The fourth-order valence-corrected chi connectivity index (χ4v) is 2.89. The number of hydrogen-bond donors (Lipinski definition) is 1. The maximum atomic E-state index is 12.7. The van der Waals surface area contributed by atoms with Crippen molar-refractivity contribution >= 4 is 5.91 Å². The minimum atomic E-state index is -4.42. The van der Waals surface area contributed by atoms with Crippen molar-refractivity contribution in [2.24, 2.45) is 13.0 Å². The van der Waals surface area contributed by atoms with E-state index in [9.17, 15) is 18.0 Å². The zero-order chi connectivity index (χ0) is 17.3. The van der Waals surface area contributed by atoms with E-state index in [4.69, 9.17) is 0 Å². The molecule has 0 spiro atoms. The largest absolute Gasteiger partial charge is 0.434 e. The Morgan fingerprint density at radius 2 is 2.21 bits per heavy atom. The molecule has 0 bridgehead atoms. The van der Waals surface area contributed by atoms with Crippen LogP contribution in [0.25, 0.3) is 0 Å². The van der Waals surface area contributed by atoms with Crippen molar-refractivity contribution in [3.05, 3.63) is 35.7 Å². The van der Waals surface area contributed by atoms with Gasteiger partial charge in [-0.3, -0.25) is 9.48 Å². The van der Waals surface area contributed by atoms with Gasteiger partial charge in [-0.2, -0.15) is 18.3 Å². The first-order valence-corrected chi connectivity index (χ1v) is 7.68. The first-order valence-electron chi connectivity index (χ1n) is 7.68. The standard InChI is InChI=1S/C15H18F3N5O/c1-22-7-11(6-20-22)4-14(24)19-5-10-2-3-13-21-12(15(16,17)18)9-23(13)8-10/h6-7,9-10H,2-5,8H2,1H3,(H,19,24)/t10-/m1/s1. The molecule has 9 heteroatoms. The summed E-state index contributed by atoms with van der Waals surface area (Å²) in [6, 6.07) is 0. The highest BCUT2D eigenvalue weighted by molar-refractivity contribution is 5.78. The Kier molecular flexibility index (Phi) is 4.33. The van der Waals surface area contributed by atoms with Crippen molar-refractivity contribution in [1.29, 1.82) is 0 Å². The van der Waals surface area contributed by atoms with Crippen molar-refractivity contribution in [3.63, 3.8) is 0 Å². The molecule has 3 heterocycles. The van der Waals surface area contributed by atoms with Crippen LogP contribution in [0.1, 0.15) is 23.5 Å². The van der Waals surface area contributed by atoms with Gasteiger partial charge in [-0.05, 0) is 17.9 Å². The van der Waals surface area contributed by atoms with Gasteiger partial charge in [0.25, 0.3) is 0 Å². The summed E-state index contributed by atoms with van der Waals surface area (Å²) < 4.78 is 41.3. The summed E-state index contributed by atoms with van der Waals surface area (Å²) in [6.45, 7) is 0.879. The van der Waals surface area contributed by atoms with E-state index >= 15 is 0 Å². The van der Waals surface area contributed by atoms with Gasteiger partial charge in [-0.25, -0.2) is 4.98 Å². The quantitative estimate of drug-likeness (QED) is 0.918. The van der Waals surface area contributed by atoms with Crippen molar-refractivity contribution in [2.75, 3.05) is 6.54 Å². The number of hydrogen-bond acceptors (Lipinski definition) is 3. The molecule has 0 saturated carbocycles. The van der Waals surface area contributed by atoms with E-state index in [1.807, 2.05) is 0 Å². The van der Waals surface area contributed by atoms with Crippen LogP contribution in [0.3, 0.4) is 0 Å². The predicted molar refractivity (Wildman–Crippen MR) is 79.0 cm³/mol. The number of halogens is 3. The number of nitrogens with one attached hydrogen (secondary N) is 1. The maximum Gasteiger partial charge on any atom is 0.434 e. The molecule has 3 rings (SSSR count). The molecule has 1 amide bonds. The van der Waals surface area contributed by atoms with Crippen LogP contribution in [0, 0.1) is 5.92 Å². The van der Waals surface area contributed by atoms with E-state index in [0.717, 1.165) is 11.8 Å². The molecule has 1 N–H and O–H groups in total. The number of carbonyl (C=O) groups excluding carboxylic acids is 1. The molecule has 24 heavy (non-hydrogen) atoms. The molecule has 2 aromatic heterocycles. The molecule has 0 aliphatic carbocycles. The summed E-state index contributed by atoms with van der Waals surface area (Å²) in [5, 5.41) is 6.85. The number of nitrogens with zero attached hydrogens (tertiary/aromatic N) is 4. The first-order chi connectivity index (χ1) is 11.3. The third-order valence-electron chi connectivity index (χ3n) is 4.09. The third-order valence-corrected chi connectivity index (χ3v) is 4.09. The Morgan fingerprint density at radius 3 is 2.88 bits per heavy atom. The van der Waals surface area contributed by atoms with Crippen LogP contribution >= 0.6 is 0 Å². The number of carbonyl (C=O) groups is 1. The second-order valence-corrected chi connectivity index (χ2v) is 6.10. The predicted octanol–water partition coefficient (Wildman–Crippen LogP) is 1.56. The van der Waals surface area contributed by atoms with Crippen LogP contribution in [-0.4, -0.2) is 31.8 Å². The average Bonchev–Trinajstić information content (AvgIpc) is 3.10. The van der Waals surface area contributed by atoms with Gasteiger partial charge in [0.1, 0.15) is 5.82 Å². The molecule has 0 saturated heterocycles. The zero-order valence-corrected chi connectivity index (χ0v) is 13.2. The Balaban J connectivity index is 1.52. The molecule has 6 nitrogen and oxygen atoms in total. The number of fused-ring (bicyclic) bond motifs is 1. The smallest absolute Gasteiger partial charge is 0.355 e. The lowest BCUT2D eigenvalue weighted by Crippen LogP contribution is -2.34. The molecule has 0 radical (unpaired) electrons. The van der Waals surface area contributed by atoms with Crippen LogP contribution in [0.5, 0.6) is 0 Å². The van der Waals surface area contributed by atoms with Gasteiger partial charge in [-0.1, -0.05) is 0 Å². The second kappa shape index (κ2) is 6.29. The van der Waals surface area contributed by atoms with Gasteiger partial charge in [0.2, 0.25) is 5.91 Å². The fraction of sp³-hybridized carbons (Fsp3) is 0.533. The fourth-order valence-electron chi connectivity index (χ4n) is 2.89. The summed E-state index contributed by atoms with van der Waals surface area (Å²) in [5.74, 6) is 0.446. The van der Waals surface area contributed by atoms with E-state index < -0.39 is 11.9 Å². The molecule has 130 valence electrons. The van der Waals surface area contributed by atoms with Crippen LogP contribution in [0.15, 0.2) is 18.6 Å². The Labute approximate surface area is 136 Å². The van der Waals surface area contributed by atoms with E-state index in [0.29, 0.717) is 31.8 Å². The monoisotopic (exact) mass is 341 g/mol. The van der Waals surface area contributed by atoms with E-state index in [1.165, 1.54) is 0 Å². The van der Waals surface area contributed by atoms with Gasteiger partial charge in [0.15, 0.2) is 5.69 Å². The second-order valence-electron chi connectivity index (χ2n) is 6.10. The molecule has 1 aliphatic rings. The topological polar surface area (TPSA) is 64.7 Å². The third kappa shape index (κ3) is 3.77. The first kappa shape index (κ1) is 16.5. The van der Waals surface area contributed by atoms with Gasteiger partial charge in [0, 0.05) is 39.0 Å². The van der Waals surface area contributed by atoms with Crippen molar-refractivity contribution in [2.45, 2.75) is 32.0 Å². The van der Waals surface area contributed by atoms with Crippen LogP contribution in [0.4, 0.5) is 13.2 Å². The number of amides is 1. The van der Waals surface area contributed by atoms with Gasteiger partial charge >= 0.3 is 6.18 Å². The number of imidazole rings is 1. The van der Waals surface area contributed by atoms with E-state index in [1.54, 1.807) is 28.7 Å². The van der Waals surface area contributed by atoms with Gasteiger partial charge in [-0.15, -0.1) is 0 Å². The number of aryl methyl sites for hydroxylation is 2. The van der Waals surface area contributed by atoms with Crippen molar-refractivity contribution in [3.8, 4) is 0 Å². The van der Waals surface area contributed by atoms with Gasteiger partial charge in [0.05, 0.1) is 12.6 Å². The van der Waals surface area contributed by atoms with Gasteiger partial charge < -0.3 is 9.88 Å². The Morgan fingerprint density at radius 1 is 1.42 bits per heavy atom.